The predicted octanol–water partition coefficient (Wildman–Crippen LogP) is 0.587. The van der Waals surface area contributed by atoms with Crippen LogP contribution in [0.1, 0.15) is 20.3 Å². The van der Waals surface area contributed by atoms with Crippen LogP contribution in [-0.2, 0) is 4.79 Å². The maximum atomic E-state index is 10.7. The van der Waals surface area contributed by atoms with Crippen LogP contribution in [-0.4, -0.2) is 18.7 Å². The van der Waals surface area contributed by atoms with E-state index in [1.165, 1.54) is 0 Å². The van der Waals surface area contributed by atoms with Gasteiger partial charge in [0, 0.05) is 0 Å². The molecule has 0 aromatic heterocycles. The molecular formula is C7H14N2O. The Balaban J connectivity index is 3.72. The van der Waals surface area contributed by atoms with Gasteiger partial charge in [-0.15, -0.1) is 0 Å². The van der Waals surface area contributed by atoms with Crippen molar-refractivity contribution in [1.29, 1.82) is 0 Å². The number of amides is 1. The average molecular weight is 142 g/mol. The number of hydrogen-bond donors (Lipinski definition) is 1. The summed E-state index contributed by atoms with van der Waals surface area (Å²) in [5.41, 5.74) is 5.45. The molecule has 0 rings (SSSR count). The minimum Gasteiger partial charge on any atom is -0.320 e. The van der Waals surface area contributed by atoms with Crippen LogP contribution in [0.4, 0.5) is 0 Å². The molecule has 2 N–H and O–H groups in total. The number of nitrogens with zero attached hydrogens (tertiary/aromatic N) is 1. The van der Waals surface area contributed by atoms with Gasteiger partial charge in [0.05, 0.1) is 6.04 Å². The number of hydrogen-bond acceptors (Lipinski definition) is 2. The standard InChI is InChI=1S/C7H14N2O/c1-5(2)4-6(8)7(10)9-3/h5-6H,3-4,8H2,1-2H3/t6-/m0/s1. The Labute approximate surface area is 61.3 Å². The Morgan fingerprint density at radius 3 is 2.50 bits per heavy atom. The lowest BCUT2D eigenvalue weighted by atomic mass is 10.0. The zero-order valence-corrected chi connectivity index (χ0v) is 6.50. The SMILES string of the molecule is C=NC(=O)[C@@H](N)CC(C)C. The van der Waals surface area contributed by atoms with Crippen molar-refractivity contribution in [2.24, 2.45) is 16.6 Å². The molecule has 3 nitrogen and oxygen atoms in total. The third-order valence-electron chi connectivity index (χ3n) is 1.20. The van der Waals surface area contributed by atoms with E-state index in [1.807, 2.05) is 13.8 Å². The van der Waals surface area contributed by atoms with E-state index in [0.29, 0.717) is 12.3 Å². The molecule has 0 aliphatic heterocycles. The van der Waals surface area contributed by atoms with Crippen molar-refractivity contribution >= 4 is 12.6 Å². The molecule has 1 atom stereocenters. The largest absolute Gasteiger partial charge is 0.320 e. The molecule has 0 saturated carbocycles. The fraction of sp³-hybridized carbons (Fsp3) is 0.714. The Bertz CT molecular complexity index is 132. The summed E-state index contributed by atoms with van der Waals surface area (Å²) in [4.78, 5) is 13.9. The summed E-state index contributed by atoms with van der Waals surface area (Å²) in [5, 5.41) is 0. The van der Waals surface area contributed by atoms with Gasteiger partial charge in [-0.25, -0.2) is 4.99 Å². The van der Waals surface area contributed by atoms with E-state index in [2.05, 4.69) is 11.7 Å². The molecule has 3 heteroatoms. The van der Waals surface area contributed by atoms with Crippen molar-refractivity contribution in [2.45, 2.75) is 26.3 Å². The molecular weight excluding hydrogens is 128 g/mol. The van der Waals surface area contributed by atoms with Crippen LogP contribution in [0.2, 0.25) is 0 Å². The topological polar surface area (TPSA) is 55.5 Å². The van der Waals surface area contributed by atoms with Gasteiger partial charge < -0.3 is 5.73 Å². The second-order valence-electron chi connectivity index (χ2n) is 2.73. The van der Waals surface area contributed by atoms with Gasteiger partial charge in [0.2, 0.25) is 0 Å². The minimum atomic E-state index is -0.461. The van der Waals surface area contributed by atoms with Crippen molar-refractivity contribution in [3.8, 4) is 0 Å². The maximum Gasteiger partial charge on any atom is 0.261 e. The quantitative estimate of drug-likeness (QED) is 0.586. The van der Waals surface area contributed by atoms with Crippen molar-refractivity contribution in [1.82, 2.24) is 0 Å². The Hall–Kier alpha value is -0.700. The van der Waals surface area contributed by atoms with E-state index < -0.39 is 6.04 Å². The summed E-state index contributed by atoms with van der Waals surface area (Å²) in [6.45, 7) is 7.13. The normalized spacial score (nSPS) is 13.2. The maximum absolute atomic E-state index is 10.7. The van der Waals surface area contributed by atoms with Crippen LogP contribution in [0.25, 0.3) is 0 Å². The van der Waals surface area contributed by atoms with Gasteiger partial charge in [-0.05, 0) is 19.1 Å². The van der Waals surface area contributed by atoms with Gasteiger partial charge in [0.15, 0.2) is 0 Å². The molecule has 0 aliphatic carbocycles. The van der Waals surface area contributed by atoms with Crippen molar-refractivity contribution in [3.63, 3.8) is 0 Å². The summed E-state index contributed by atoms with van der Waals surface area (Å²) in [5.74, 6) is 0.120. The molecule has 0 aromatic rings. The average Bonchev–Trinajstić information content (AvgIpc) is 1.85. The summed E-state index contributed by atoms with van der Waals surface area (Å²) in [6.07, 6.45) is 0.678. The summed E-state index contributed by atoms with van der Waals surface area (Å²) < 4.78 is 0. The highest BCUT2D eigenvalue weighted by Crippen LogP contribution is 2.02. The highest BCUT2D eigenvalue weighted by molar-refractivity contribution is 5.85. The van der Waals surface area contributed by atoms with E-state index >= 15 is 0 Å². The molecule has 0 aliphatic rings. The van der Waals surface area contributed by atoms with Crippen molar-refractivity contribution < 1.29 is 4.79 Å². The molecule has 0 bridgehead atoms. The Morgan fingerprint density at radius 1 is 1.70 bits per heavy atom. The number of nitrogens with two attached hydrogens (primary N) is 1. The fourth-order valence-corrected chi connectivity index (χ4v) is 0.726. The molecule has 58 valence electrons. The lowest BCUT2D eigenvalue weighted by Gasteiger charge is -2.08. The van der Waals surface area contributed by atoms with Crippen LogP contribution in [0.5, 0.6) is 0 Å². The second-order valence-corrected chi connectivity index (χ2v) is 2.73. The Morgan fingerprint density at radius 2 is 2.20 bits per heavy atom. The smallest absolute Gasteiger partial charge is 0.261 e. The van der Waals surface area contributed by atoms with E-state index in [1.54, 1.807) is 0 Å². The fourth-order valence-electron chi connectivity index (χ4n) is 0.726. The first-order valence-corrected chi connectivity index (χ1v) is 3.34. The first kappa shape index (κ1) is 9.30. The molecule has 0 spiro atoms. The Kier molecular flexibility index (Phi) is 3.88. The zero-order chi connectivity index (χ0) is 8.15. The predicted molar refractivity (Wildman–Crippen MR) is 42.0 cm³/mol. The molecule has 1 amide bonds. The van der Waals surface area contributed by atoms with Gasteiger partial charge in [-0.3, -0.25) is 4.79 Å². The minimum absolute atomic E-state index is 0.311. The van der Waals surface area contributed by atoms with Crippen molar-refractivity contribution in [3.05, 3.63) is 0 Å². The number of carbonyl (C=O) groups is 1. The van der Waals surface area contributed by atoms with E-state index in [4.69, 9.17) is 5.73 Å². The van der Waals surface area contributed by atoms with Gasteiger partial charge in [0.1, 0.15) is 0 Å². The molecule has 0 saturated heterocycles. The van der Waals surface area contributed by atoms with Crippen LogP contribution >= 0.6 is 0 Å². The van der Waals surface area contributed by atoms with Gasteiger partial charge in [0.25, 0.3) is 5.91 Å². The zero-order valence-electron chi connectivity index (χ0n) is 6.50. The summed E-state index contributed by atoms with van der Waals surface area (Å²) >= 11 is 0. The number of rotatable bonds is 3. The first-order valence-electron chi connectivity index (χ1n) is 3.34. The number of carbonyl (C=O) groups excluding carboxylic acids is 1. The third-order valence-corrected chi connectivity index (χ3v) is 1.20. The second kappa shape index (κ2) is 4.17. The van der Waals surface area contributed by atoms with Crippen LogP contribution in [0, 0.1) is 5.92 Å². The van der Waals surface area contributed by atoms with Crippen LogP contribution in [0.3, 0.4) is 0 Å². The van der Waals surface area contributed by atoms with E-state index in [-0.39, 0.29) is 5.91 Å². The molecule has 10 heavy (non-hydrogen) atoms. The van der Waals surface area contributed by atoms with E-state index in [0.717, 1.165) is 0 Å². The van der Waals surface area contributed by atoms with E-state index in [9.17, 15) is 4.79 Å². The molecule has 0 radical (unpaired) electrons. The molecule has 0 unspecified atom stereocenters. The highest BCUT2D eigenvalue weighted by Gasteiger charge is 2.12. The summed E-state index contributed by atoms with van der Waals surface area (Å²) in [7, 11) is 0. The number of aliphatic imine (C=N–C) groups is 1. The van der Waals surface area contributed by atoms with Gasteiger partial charge >= 0.3 is 0 Å². The monoisotopic (exact) mass is 142 g/mol. The lowest BCUT2D eigenvalue weighted by molar-refractivity contribution is -0.119. The van der Waals surface area contributed by atoms with Crippen LogP contribution < -0.4 is 5.73 Å². The molecule has 0 fully saturated rings. The van der Waals surface area contributed by atoms with Gasteiger partial charge in [-0.1, -0.05) is 13.8 Å². The van der Waals surface area contributed by atoms with Crippen LogP contribution in [0.15, 0.2) is 4.99 Å². The third kappa shape index (κ3) is 3.35. The van der Waals surface area contributed by atoms with Crippen molar-refractivity contribution in [2.75, 3.05) is 0 Å². The highest BCUT2D eigenvalue weighted by atomic mass is 16.1. The summed E-state index contributed by atoms with van der Waals surface area (Å²) in [6, 6.07) is -0.461. The van der Waals surface area contributed by atoms with Gasteiger partial charge in [-0.2, -0.15) is 0 Å². The first-order chi connectivity index (χ1) is 4.57. The molecule has 0 heterocycles. The molecule has 0 aromatic carbocycles. The lowest BCUT2D eigenvalue weighted by Crippen LogP contribution is -2.30.